The Kier molecular flexibility index (Phi) is 6.89. The summed E-state index contributed by atoms with van der Waals surface area (Å²) in [6.45, 7) is 0. The van der Waals surface area contributed by atoms with Gasteiger partial charge in [0.15, 0.2) is 0 Å². The van der Waals surface area contributed by atoms with Gasteiger partial charge in [0, 0.05) is 19.5 Å². The van der Waals surface area contributed by atoms with Gasteiger partial charge < -0.3 is 0 Å². The summed E-state index contributed by atoms with van der Waals surface area (Å²) in [5.41, 5.74) is 2.30. The average molecular weight is 299 g/mol. The molecule has 0 bridgehead atoms. The van der Waals surface area contributed by atoms with E-state index in [9.17, 15) is 0 Å². The Bertz CT molecular complexity index is 121. The molecule has 0 unspecified atom stereocenters. The first-order chi connectivity index (χ1) is 6.45. The van der Waals surface area contributed by atoms with Gasteiger partial charge in [-0.1, -0.05) is 38.5 Å². The monoisotopic (exact) mass is 300 g/mol. The van der Waals surface area contributed by atoms with Crippen molar-refractivity contribution in [2.45, 2.75) is 75.5 Å². The van der Waals surface area contributed by atoms with Gasteiger partial charge in [-0.05, 0) is 37.0 Å². The van der Waals surface area contributed by atoms with Crippen molar-refractivity contribution in [3.63, 3.8) is 0 Å². The van der Waals surface area contributed by atoms with Gasteiger partial charge in [-0.25, -0.2) is 0 Å². The van der Waals surface area contributed by atoms with Crippen molar-refractivity contribution in [2.24, 2.45) is 0 Å². The normalized spacial score (nSPS) is 25.7. The third kappa shape index (κ3) is 4.28. The smallest absolute Gasteiger partial charge is 0 e. The van der Waals surface area contributed by atoms with E-state index < -0.39 is 0 Å². The predicted octanol–water partition coefficient (Wildman–Crippen LogP) is 4.33. The van der Waals surface area contributed by atoms with Crippen molar-refractivity contribution >= 4 is 8.58 Å². The molecule has 2 saturated carbocycles. The van der Waals surface area contributed by atoms with Gasteiger partial charge in [-0.2, -0.15) is 0 Å². The van der Waals surface area contributed by atoms with Gasteiger partial charge in [-0.15, -0.1) is 8.58 Å². The Morgan fingerprint density at radius 2 is 0.929 bits per heavy atom. The Labute approximate surface area is 104 Å². The molecule has 0 aromatic heterocycles. The van der Waals surface area contributed by atoms with Gasteiger partial charge >= 0.3 is 0 Å². The SMILES string of the molecule is C1CCC(PC2CCCCC2)CC1.[Ru]. The van der Waals surface area contributed by atoms with E-state index in [0.29, 0.717) is 0 Å². The topological polar surface area (TPSA) is 0 Å². The zero-order chi connectivity index (χ0) is 8.93. The molecule has 0 nitrogen and oxygen atoms in total. The van der Waals surface area contributed by atoms with Crippen LogP contribution in [-0.2, 0) is 19.5 Å². The van der Waals surface area contributed by atoms with Gasteiger partial charge in [0.05, 0.1) is 0 Å². The van der Waals surface area contributed by atoms with Crippen LogP contribution in [0.1, 0.15) is 64.2 Å². The molecule has 2 aliphatic rings. The van der Waals surface area contributed by atoms with Gasteiger partial charge in [0.1, 0.15) is 0 Å². The summed E-state index contributed by atoms with van der Waals surface area (Å²) in [5.74, 6) is 0. The Morgan fingerprint density at radius 3 is 1.29 bits per heavy atom. The van der Waals surface area contributed by atoms with Crippen molar-refractivity contribution in [2.75, 3.05) is 0 Å². The molecule has 0 saturated heterocycles. The van der Waals surface area contributed by atoms with Crippen molar-refractivity contribution < 1.29 is 19.5 Å². The summed E-state index contributed by atoms with van der Waals surface area (Å²) >= 11 is 0. The van der Waals surface area contributed by atoms with E-state index in [0.717, 1.165) is 11.3 Å². The maximum atomic E-state index is 1.56. The Balaban J connectivity index is 0.000000980. The van der Waals surface area contributed by atoms with Crippen LogP contribution in [-0.4, -0.2) is 11.3 Å². The van der Waals surface area contributed by atoms with Crippen LogP contribution in [0.2, 0.25) is 0 Å². The number of rotatable bonds is 2. The first kappa shape index (κ1) is 13.1. The van der Waals surface area contributed by atoms with Crippen LogP contribution < -0.4 is 0 Å². The molecule has 2 aliphatic carbocycles. The maximum Gasteiger partial charge on any atom is 0 e. The summed E-state index contributed by atoms with van der Waals surface area (Å²) in [5, 5.41) is 0. The van der Waals surface area contributed by atoms with E-state index >= 15 is 0 Å². The molecule has 2 fully saturated rings. The first-order valence-corrected chi connectivity index (χ1v) is 7.37. The first-order valence-electron chi connectivity index (χ1n) is 6.21. The van der Waals surface area contributed by atoms with Crippen LogP contribution in [0.3, 0.4) is 0 Å². The molecule has 14 heavy (non-hydrogen) atoms. The molecule has 84 valence electrons. The maximum absolute atomic E-state index is 1.56. The van der Waals surface area contributed by atoms with E-state index in [1.54, 1.807) is 25.7 Å². The van der Waals surface area contributed by atoms with Gasteiger partial charge in [0.2, 0.25) is 0 Å². The van der Waals surface area contributed by atoms with Gasteiger partial charge in [0.25, 0.3) is 0 Å². The molecule has 2 rings (SSSR count). The summed E-state index contributed by atoms with van der Waals surface area (Å²) in [4.78, 5) is 0. The molecule has 0 N–H and O–H groups in total. The number of hydrogen-bond acceptors (Lipinski definition) is 0. The van der Waals surface area contributed by atoms with E-state index in [-0.39, 0.29) is 19.5 Å². The van der Waals surface area contributed by atoms with Crippen molar-refractivity contribution in [1.29, 1.82) is 0 Å². The quantitative estimate of drug-likeness (QED) is 0.526. The van der Waals surface area contributed by atoms with E-state index in [4.69, 9.17) is 0 Å². The molecule has 0 aromatic rings. The third-order valence-corrected chi connectivity index (χ3v) is 5.78. The Hall–Kier alpha value is 1.05. The van der Waals surface area contributed by atoms with Crippen LogP contribution in [0.15, 0.2) is 0 Å². The summed E-state index contributed by atoms with van der Waals surface area (Å²) in [6, 6.07) is 0. The fraction of sp³-hybridized carbons (Fsp3) is 1.00. The van der Waals surface area contributed by atoms with Gasteiger partial charge in [-0.3, -0.25) is 0 Å². The largest absolute Gasteiger partial charge is 0.116 e. The zero-order valence-electron chi connectivity index (χ0n) is 9.08. The molecule has 0 aromatic carbocycles. The second-order valence-electron chi connectivity index (χ2n) is 4.84. The second-order valence-corrected chi connectivity index (χ2v) is 6.80. The van der Waals surface area contributed by atoms with E-state index in [1.165, 1.54) is 47.1 Å². The molecule has 0 amide bonds. The minimum atomic E-state index is 0. The standard InChI is InChI=1S/C12H23P.Ru/c1-3-7-11(8-4-1)13-12-9-5-2-6-10-12;/h11-13H,1-10H2;. The van der Waals surface area contributed by atoms with Crippen molar-refractivity contribution in [3.05, 3.63) is 0 Å². The number of hydrogen-bond donors (Lipinski definition) is 0. The molecule has 0 spiro atoms. The fourth-order valence-electron chi connectivity index (χ4n) is 2.87. The summed E-state index contributed by atoms with van der Waals surface area (Å²) in [7, 11) is 1.33. The summed E-state index contributed by atoms with van der Waals surface area (Å²) in [6.07, 6.45) is 15.4. The molecular formula is C12H23PRu. The van der Waals surface area contributed by atoms with Crippen molar-refractivity contribution in [3.8, 4) is 0 Å². The third-order valence-electron chi connectivity index (χ3n) is 3.68. The van der Waals surface area contributed by atoms with E-state index in [2.05, 4.69) is 0 Å². The molecule has 2 heteroatoms. The van der Waals surface area contributed by atoms with Crippen LogP contribution in [0.4, 0.5) is 0 Å². The molecular weight excluding hydrogens is 276 g/mol. The molecule has 0 atom stereocenters. The van der Waals surface area contributed by atoms with Crippen LogP contribution in [0.25, 0.3) is 0 Å². The predicted molar refractivity (Wildman–Crippen MR) is 62.1 cm³/mol. The second kappa shape index (κ2) is 7.35. The average Bonchev–Trinajstić information content (AvgIpc) is 2.21. The molecule has 0 heterocycles. The van der Waals surface area contributed by atoms with E-state index in [1.807, 2.05) is 0 Å². The zero-order valence-corrected chi connectivity index (χ0v) is 11.8. The Morgan fingerprint density at radius 1 is 0.571 bits per heavy atom. The summed E-state index contributed by atoms with van der Waals surface area (Å²) < 4.78 is 0. The minimum absolute atomic E-state index is 0. The fourth-order valence-corrected chi connectivity index (χ4v) is 5.02. The van der Waals surface area contributed by atoms with Crippen LogP contribution in [0, 0.1) is 0 Å². The van der Waals surface area contributed by atoms with Crippen molar-refractivity contribution in [1.82, 2.24) is 0 Å². The molecule has 0 radical (unpaired) electrons. The minimum Gasteiger partial charge on any atom is -0.116 e. The van der Waals surface area contributed by atoms with Crippen LogP contribution >= 0.6 is 8.58 Å². The van der Waals surface area contributed by atoms with Crippen LogP contribution in [0.5, 0.6) is 0 Å². The molecule has 0 aliphatic heterocycles.